The molecule has 2 N–H and O–H groups in total. The Kier molecular flexibility index (Phi) is 4.90. The van der Waals surface area contributed by atoms with E-state index in [9.17, 15) is 10.0 Å². The molecule has 6 heteroatoms. The van der Waals surface area contributed by atoms with Gasteiger partial charge >= 0.3 is 7.12 Å². The molecule has 0 saturated heterocycles. The number of rotatable bonds is 5. The van der Waals surface area contributed by atoms with Gasteiger partial charge in [0.1, 0.15) is 18.1 Å². The molecule has 2 rings (SSSR count). The van der Waals surface area contributed by atoms with Crippen molar-refractivity contribution in [2.45, 2.75) is 6.61 Å². The Labute approximate surface area is 122 Å². The molecule has 0 aliphatic heterocycles. The van der Waals surface area contributed by atoms with Crippen LogP contribution in [0, 0.1) is 0 Å². The van der Waals surface area contributed by atoms with Crippen LogP contribution < -0.4 is 14.9 Å². The monoisotopic (exact) mass is 292 g/mol. The molecule has 0 fully saturated rings. The van der Waals surface area contributed by atoms with Crippen molar-refractivity contribution in [3.05, 3.63) is 53.1 Å². The normalized spacial score (nSPS) is 10.2. The second-order valence-corrected chi connectivity index (χ2v) is 4.63. The highest BCUT2D eigenvalue weighted by Gasteiger charge is 2.14. The fraction of sp³-hybridized carbons (Fsp3) is 0.143. The molecular weight excluding hydrogens is 278 g/mol. The fourth-order valence-electron chi connectivity index (χ4n) is 1.79. The van der Waals surface area contributed by atoms with Gasteiger partial charge in [0, 0.05) is 10.6 Å². The minimum atomic E-state index is -1.52. The van der Waals surface area contributed by atoms with E-state index >= 15 is 0 Å². The van der Waals surface area contributed by atoms with Crippen molar-refractivity contribution in [3.63, 3.8) is 0 Å². The Morgan fingerprint density at radius 3 is 2.60 bits per heavy atom. The summed E-state index contributed by atoms with van der Waals surface area (Å²) in [5.74, 6) is 1.26. The maximum Gasteiger partial charge on any atom is 0.488 e. The Balaban J connectivity index is 2.17. The van der Waals surface area contributed by atoms with E-state index in [0.29, 0.717) is 22.0 Å². The molecular formula is C14H14BClO4. The molecule has 0 aliphatic carbocycles. The molecule has 0 saturated carbocycles. The quantitative estimate of drug-likeness (QED) is 0.822. The largest absolute Gasteiger partial charge is 0.496 e. The molecule has 20 heavy (non-hydrogen) atoms. The lowest BCUT2D eigenvalue weighted by Gasteiger charge is -2.12. The van der Waals surface area contributed by atoms with E-state index in [4.69, 9.17) is 21.1 Å². The SMILES string of the molecule is COc1ccc(B(O)O)cc1COc1cccc(Cl)c1. The first-order valence-corrected chi connectivity index (χ1v) is 6.39. The van der Waals surface area contributed by atoms with Crippen molar-refractivity contribution < 1.29 is 19.5 Å². The summed E-state index contributed by atoms with van der Waals surface area (Å²) in [6.45, 7) is 0.240. The maximum atomic E-state index is 9.19. The Morgan fingerprint density at radius 2 is 1.95 bits per heavy atom. The molecule has 4 nitrogen and oxygen atoms in total. The molecule has 0 spiro atoms. The Bertz CT molecular complexity index is 589. The number of hydrogen-bond donors (Lipinski definition) is 2. The van der Waals surface area contributed by atoms with E-state index in [2.05, 4.69) is 0 Å². The number of benzene rings is 2. The highest BCUT2D eigenvalue weighted by molar-refractivity contribution is 6.58. The first kappa shape index (κ1) is 14.7. The smallest absolute Gasteiger partial charge is 0.488 e. The number of halogens is 1. The van der Waals surface area contributed by atoms with Crippen LogP contribution in [0.3, 0.4) is 0 Å². The van der Waals surface area contributed by atoms with Crippen molar-refractivity contribution in [2.75, 3.05) is 7.11 Å². The molecule has 104 valence electrons. The number of ether oxygens (including phenoxy) is 2. The fourth-order valence-corrected chi connectivity index (χ4v) is 1.97. The Hall–Kier alpha value is -1.69. The summed E-state index contributed by atoms with van der Waals surface area (Å²) < 4.78 is 10.8. The van der Waals surface area contributed by atoms with Crippen LogP contribution in [0.25, 0.3) is 0 Å². The van der Waals surface area contributed by atoms with E-state index in [1.165, 1.54) is 0 Å². The lowest BCUT2D eigenvalue weighted by atomic mass is 9.79. The van der Waals surface area contributed by atoms with Crippen LogP contribution in [0.1, 0.15) is 5.56 Å². The topological polar surface area (TPSA) is 58.9 Å². The van der Waals surface area contributed by atoms with Crippen LogP contribution in [-0.2, 0) is 6.61 Å². The highest BCUT2D eigenvalue weighted by atomic mass is 35.5. The zero-order valence-electron chi connectivity index (χ0n) is 10.9. The van der Waals surface area contributed by atoms with Gasteiger partial charge in [-0.15, -0.1) is 0 Å². The summed E-state index contributed by atoms with van der Waals surface area (Å²) >= 11 is 5.88. The third kappa shape index (κ3) is 3.66. The second-order valence-electron chi connectivity index (χ2n) is 4.19. The first-order chi connectivity index (χ1) is 9.60. The van der Waals surface area contributed by atoms with Crippen LogP contribution in [-0.4, -0.2) is 24.3 Å². The van der Waals surface area contributed by atoms with Gasteiger partial charge in [-0.3, -0.25) is 0 Å². The maximum absolute atomic E-state index is 9.19. The van der Waals surface area contributed by atoms with E-state index in [1.54, 1.807) is 49.6 Å². The van der Waals surface area contributed by atoms with Crippen molar-refractivity contribution in [1.82, 2.24) is 0 Å². The summed E-state index contributed by atoms with van der Waals surface area (Å²) in [6, 6.07) is 12.0. The average molecular weight is 293 g/mol. The minimum absolute atomic E-state index is 0.240. The zero-order valence-corrected chi connectivity index (χ0v) is 11.7. The second kappa shape index (κ2) is 6.66. The molecule has 0 bridgehead atoms. The van der Waals surface area contributed by atoms with Gasteiger partial charge in [-0.05, 0) is 29.7 Å². The highest BCUT2D eigenvalue weighted by Crippen LogP contribution is 2.21. The van der Waals surface area contributed by atoms with Gasteiger partial charge in [0.2, 0.25) is 0 Å². The molecule has 2 aromatic rings. The molecule has 0 atom stereocenters. The summed E-state index contributed by atoms with van der Waals surface area (Å²) in [4.78, 5) is 0. The predicted molar refractivity (Wildman–Crippen MR) is 78.6 cm³/mol. The summed E-state index contributed by atoms with van der Waals surface area (Å²) in [7, 11) is 0.0265. The molecule has 0 radical (unpaired) electrons. The van der Waals surface area contributed by atoms with Crippen LogP contribution in [0.15, 0.2) is 42.5 Å². The van der Waals surface area contributed by atoms with Crippen molar-refractivity contribution in [1.29, 1.82) is 0 Å². The zero-order chi connectivity index (χ0) is 14.5. The molecule has 0 aliphatic rings. The van der Waals surface area contributed by atoms with Crippen LogP contribution in [0.2, 0.25) is 5.02 Å². The molecule has 0 amide bonds. The van der Waals surface area contributed by atoms with Gasteiger partial charge in [-0.1, -0.05) is 29.8 Å². The minimum Gasteiger partial charge on any atom is -0.496 e. The summed E-state index contributed by atoms with van der Waals surface area (Å²) in [6.07, 6.45) is 0. The summed E-state index contributed by atoms with van der Waals surface area (Å²) in [5.41, 5.74) is 1.11. The molecule has 2 aromatic carbocycles. The number of hydrogen-bond acceptors (Lipinski definition) is 4. The van der Waals surface area contributed by atoms with Gasteiger partial charge in [0.25, 0.3) is 0 Å². The van der Waals surface area contributed by atoms with E-state index in [1.807, 2.05) is 0 Å². The van der Waals surface area contributed by atoms with Gasteiger partial charge in [-0.2, -0.15) is 0 Å². The lowest BCUT2D eigenvalue weighted by molar-refractivity contribution is 0.297. The van der Waals surface area contributed by atoms with E-state index in [0.717, 1.165) is 5.56 Å². The molecule has 0 unspecified atom stereocenters. The third-order valence-electron chi connectivity index (χ3n) is 2.79. The molecule has 0 aromatic heterocycles. The lowest BCUT2D eigenvalue weighted by Crippen LogP contribution is -2.30. The van der Waals surface area contributed by atoms with Crippen LogP contribution in [0.5, 0.6) is 11.5 Å². The van der Waals surface area contributed by atoms with E-state index < -0.39 is 7.12 Å². The van der Waals surface area contributed by atoms with Crippen LogP contribution in [0.4, 0.5) is 0 Å². The van der Waals surface area contributed by atoms with Crippen molar-refractivity contribution in [3.8, 4) is 11.5 Å². The van der Waals surface area contributed by atoms with Crippen LogP contribution >= 0.6 is 11.6 Å². The van der Waals surface area contributed by atoms with Gasteiger partial charge in [0.05, 0.1) is 7.11 Å². The third-order valence-corrected chi connectivity index (χ3v) is 3.03. The van der Waals surface area contributed by atoms with Gasteiger partial charge in [0.15, 0.2) is 0 Å². The summed E-state index contributed by atoms with van der Waals surface area (Å²) in [5, 5.41) is 19.0. The standard InChI is InChI=1S/C14H14BClO4/c1-19-14-6-5-11(15(17)18)7-10(14)9-20-13-4-2-3-12(16)8-13/h2-8,17-18H,9H2,1H3. The number of methoxy groups -OCH3 is 1. The van der Waals surface area contributed by atoms with Crippen molar-refractivity contribution >= 4 is 24.2 Å². The van der Waals surface area contributed by atoms with E-state index in [-0.39, 0.29) is 6.61 Å². The molecule has 0 heterocycles. The predicted octanol–water partition coefficient (Wildman–Crippen LogP) is 1.61. The first-order valence-electron chi connectivity index (χ1n) is 6.01. The van der Waals surface area contributed by atoms with Crippen molar-refractivity contribution in [2.24, 2.45) is 0 Å². The average Bonchev–Trinajstić information content (AvgIpc) is 2.44. The van der Waals surface area contributed by atoms with Gasteiger partial charge < -0.3 is 19.5 Å². The van der Waals surface area contributed by atoms with Gasteiger partial charge in [-0.25, -0.2) is 0 Å². The Morgan fingerprint density at radius 1 is 1.15 bits per heavy atom.